The highest BCUT2D eigenvalue weighted by Crippen LogP contribution is 2.49. The number of likely N-dealkylation sites (N-methyl/N-ethyl adjacent to an activating group) is 1. The number of para-hydroxylation sites is 1. The van der Waals surface area contributed by atoms with Gasteiger partial charge in [0.25, 0.3) is 15.9 Å². The molecule has 4 aromatic rings. The van der Waals surface area contributed by atoms with Gasteiger partial charge >= 0.3 is 0 Å². The molecule has 1 aromatic heterocycles. The van der Waals surface area contributed by atoms with Gasteiger partial charge in [0.2, 0.25) is 5.88 Å². The van der Waals surface area contributed by atoms with Gasteiger partial charge in [0.05, 0.1) is 35.9 Å². The lowest BCUT2D eigenvalue weighted by atomic mass is 9.83. The number of nitrogens with one attached hydrogen (secondary N) is 1. The molecule has 12 heteroatoms. The van der Waals surface area contributed by atoms with Gasteiger partial charge in [-0.05, 0) is 80.2 Å². The average Bonchev–Trinajstić information content (AvgIpc) is 3.35. The number of hydrogen-bond donors (Lipinski definition) is 1. The zero-order valence-corrected chi connectivity index (χ0v) is 27.3. The van der Waals surface area contributed by atoms with Gasteiger partial charge in [-0.2, -0.15) is 5.26 Å². The first-order valence-electron chi connectivity index (χ1n) is 15.4. The van der Waals surface area contributed by atoms with Crippen molar-refractivity contribution in [2.75, 3.05) is 56.1 Å². The molecule has 11 nitrogen and oxygen atoms in total. The van der Waals surface area contributed by atoms with Crippen LogP contribution >= 0.6 is 0 Å². The van der Waals surface area contributed by atoms with Crippen molar-refractivity contribution < 1.29 is 22.7 Å². The second kappa shape index (κ2) is 13.0. The van der Waals surface area contributed by atoms with Crippen molar-refractivity contribution in [3.8, 4) is 17.7 Å². The third kappa shape index (κ3) is 5.67. The van der Waals surface area contributed by atoms with E-state index >= 15 is 4.79 Å². The standard InChI is InChI=1S/C35H36N6O5S/c1-4-46-33-29(9-7-17-37-33)35(38-24-26-8-5-6-10-31(26)40-20-18-39(2)19-21-40)30-22-25(23-36)11-16-32(30)41(34(35)42)47(43,44)28-14-12-27(45-3)13-15-28/h5-17,22,38H,4,18-21,24H2,1-3H3. The van der Waals surface area contributed by atoms with E-state index in [-0.39, 0.29) is 35.2 Å². The number of nitrogens with zero attached hydrogens (tertiary/aromatic N) is 5. The Balaban J connectivity index is 1.53. The molecule has 1 amide bonds. The molecule has 0 aliphatic carbocycles. The SMILES string of the molecule is CCOc1ncccc1C1(NCc2ccccc2N2CCN(C)CC2)C(=O)N(S(=O)(=O)c2ccc(OC)cc2)c2ccc(C#N)cc21. The molecule has 1 atom stereocenters. The average molecular weight is 653 g/mol. The van der Waals surface area contributed by atoms with Crippen LogP contribution in [0.25, 0.3) is 0 Å². The van der Waals surface area contributed by atoms with E-state index in [0.717, 1.165) is 41.7 Å². The van der Waals surface area contributed by atoms with Crippen molar-refractivity contribution in [3.63, 3.8) is 0 Å². The Morgan fingerprint density at radius 3 is 2.40 bits per heavy atom. The highest BCUT2D eigenvalue weighted by Gasteiger charge is 2.57. The summed E-state index contributed by atoms with van der Waals surface area (Å²) in [6.07, 6.45) is 1.56. The minimum Gasteiger partial charge on any atom is -0.497 e. The van der Waals surface area contributed by atoms with Gasteiger partial charge in [-0.15, -0.1) is 0 Å². The third-order valence-electron chi connectivity index (χ3n) is 8.69. The normalized spacial score (nSPS) is 18.1. The number of anilines is 2. The maximum Gasteiger partial charge on any atom is 0.270 e. The van der Waals surface area contributed by atoms with E-state index in [4.69, 9.17) is 9.47 Å². The van der Waals surface area contributed by atoms with Crippen LogP contribution in [0.3, 0.4) is 0 Å². The van der Waals surface area contributed by atoms with Crippen molar-refractivity contribution in [2.24, 2.45) is 0 Å². The summed E-state index contributed by atoms with van der Waals surface area (Å²) in [6.45, 7) is 5.79. The second-order valence-corrected chi connectivity index (χ2v) is 13.2. The zero-order valence-electron chi connectivity index (χ0n) is 26.5. The zero-order chi connectivity index (χ0) is 33.2. The van der Waals surface area contributed by atoms with Crippen LogP contribution in [0.2, 0.25) is 0 Å². The van der Waals surface area contributed by atoms with E-state index in [1.165, 1.54) is 43.5 Å². The monoisotopic (exact) mass is 652 g/mol. The number of hydrogen-bond acceptors (Lipinski definition) is 10. The Morgan fingerprint density at radius 1 is 0.957 bits per heavy atom. The number of amides is 1. The third-order valence-corrected chi connectivity index (χ3v) is 10.4. The van der Waals surface area contributed by atoms with E-state index in [1.807, 2.05) is 25.1 Å². The molecule has 242 valence electrons. The minimum absolute atomic E-state index is 0.0885. The molecule has 0 spiro atoms. The van der Waals surface area contributed by atoms with Crippen LogP contribution in [0.5, 0.6) is 11.6 Å². The Labute approximate surface area is 275 Å². The van der Waals surface area contributed by atoms with Gasteiger partial charge in [0.1, 0.15) is 5.75 Å². The molecule has 3 heterocycles. The predicted molar refractivity (Wildman–Crippen MR) is 178 cm³/mol. The van der Waals surface area contributed by atoms with E-state index < -0.39 is 21.5 Å². The molecule has 0 bridgehead atoms. The lowest BCUT2D eigenvalue weighted by molar-refractivity contribution is -0.121. The largest absolute Gasteiger partial charge is 0.497 e. The number of ether oxygens (including phenoxy) is 2. The number of benzene rings is 3. The molecule has 1 unspecified atom stereocenters. The molecule has 6 rings (SSSR count). The van der Waals surface area contributed by atoms with Crippen molar-refractivity contribution >= 4 is 27.3 Å². The van der Waals surface area contributed by atoms with Gasteiger partial charge in [0.15, 0.2) is 5.54 Å². The summed E-state index contributed by atoms with van der Waals surface area (Å²) in [5.74, 6) is -0.104. The number of rotatable bonds is 10. The van der Waals surface area contributed by atoms with Gasteiger partial charge in [-0.3, -0.25) is 10.1 Å². The number of methoxy groups -OCH3 is 1. The molecule has 0 radical (unpaired) electrons. The number of piperazine rings is 1. The number of aromatic nitrogens is 1. The highest BCUT2D eigenvalue weighted by atomic mass is 32.2. The number of sulfonamides is 1. The van der Waals surface area contributed by atoms with Crippen LogP contribution < -0.4 is 24.0 Å². The van der Waals surface area contributed by atoms with Crippen LogP contribution in [-0.2, 0) is 26.9 Å². The van der Waals surface area contributed by atoms with Crippen LogP contribution in [0.15, 0.2) is 90.0 Å². The molecule has 2 aliphatic heterocycles. The van der Waals surface area contributed by atoms with Crippen LogP contribution in [0.1, 0.15) is 29.2 Å². The Kier molecular flexibility index (Phi) is 8.88. The summed E-state index contributed by atoms with van der Waals surface area (Å²) >= 11 is 0. The fourth-order valence-corrected chi connectivity index (χ4v) is 7.71. The Bertz CT molecular complexity index is 1940. The molecule has 2 aliphatic rings. The molecular formula is C35H36N6O5S. The lowest BCUT2D eigenvalue weighted by Crippen LogP contribution is -2.53. The molecular weight excluding hydrogens is 616 g/mol. The van der Waals surface area contributed by atoms with Gasteiger partial charge in [0, 0.05) is 55.7 Å². The summed E-state index contributed by atoms with van der Waals surface area (Å²) in [5.41, 5.74) is 1.23. The lowest BCUT2D eigenvalue weighted by Gasteiger charge is -2.36. The Morgan fingerprint density at radius 2 is 1.70 bits per heavy atom. The van der Waals surface area contributed by atoms with Gasteiger partial charge in [-0.25, -0.2) is 17.7 Å². The molecule has 1 fully saturated rings. The molecule has 0 saturated carbocycles. The second-order valence-electron chi connectivity index (χ2n) is 11.4. The molecule has 47 heavy (non-hydrogen) atoms. The first kappa shape index (κ1) is 32.0. The Hall–Kier alpha value is -4.96. The summed E-state index contributed by atoms with van der Waals surface area (Å²) < 4.78 is 40.7. The number of pyridine rings is 1. The first-order chi connectivity index (χ1) is 22.7. The van der Waals surface area contributed by atoms with Crippen molar-refractivity contribution in [2.45, 2.75) is 23.9 Å². The molecule has 1 saturated heterocycles. The topological polar surface area (TPSA) is 128 Å². The molecule has 3 aromatic carbocycles. The fraction of sp³-hybridized carbons (Fsp3) is 0.286. The fourth-order valence-electron chi connectivity index (χ4n) is 6.25. The highest BCUT2D eigenvalue weighted by molar-refractivity contribution is 7.93. The van der Waals surface area contributed by atoms with Crippen molar-refractivity contribution in [1.82, 2.24) is 15.2 Å². The predicted octanol–water partition coefficient (Wildman–Crippen LogP) is 3.88. The number of fused-ring (bicyclic) bond motifs is 1. The maximum atomic E-state index is 15.1. The van der Waals surface area contributed by atoms with E-state index in [9.17, 15) is 13.7 Å². The van der Waals surface area contributed by atoms with E-state index in [2.05, 4.69) is 39.3 Å². The maximum absolute atomic E-state index is 15.1. The summed E-state index contributed by atoms with van der Waals surface area (Å²) in [6, 6.07) is 24.0. The van der Waals surface area contributed by atoms with Crippen LogP contribution in [0, 0.1) is 11.3 Å². The minimum atomic E-state index is -4.43. The van der Waals surface area contributed by atoms with Crippen molar-refractivity contribution in [1.29, 1.82) is 5.26 Å². The van der Waals surface area contributed by atoms with E-state index in [1.54, 1.807) is 24.4 Å². The van der Waals surface area contributed by atoms with Gasteiger partial charge < -0.3 is 19.3 Å². The summed E-state index contributed by atoms with van der Waals surface area (Å²) in [7, 11) is -0.844. The molecule has 1 N–H and O–H groups in total. The van der Waals surface area contributed by atoms with Gasteiger partial charge in [-0.1, -0.05) is 18.2 Å². The number of carbonyl (C=O) groups is 1. The van der Waals surface area contributed by atoms with Crippen molar-refractivity contribution in [3.05, 3.63) is 107 Å². The van der Waals surface area contributed by atoms with E-state index in [0.29, 0.717) is 16.9 Å². The summed E-state index contributed by atoms with van der Waals surface area (Å²) in [5, 5.41) is 13.4. The smallest absolute Gasteiger partial charge is 0.270 e. The number of carbonyl (C=O) groups excluding carboxylic acids is 1. The quantitative estimate of drug-likeness (QED) is 0.270. The number of nitriles is 1. The van der Waals surface area contributed by atoms with Crippen LogP contribution in [-0.4, -0.2) is 71.2 Å². The summed E-state index contributed by atoms with van der Waals surface area (Å²) in [4.78, 5) is 24.1. The van der Waals surface area contributed by atoms with Crippen LogP contribution in [0.4, 0.5) is 11.4 Å². The first-order valence-corrected chi connectivity index (χ1v) is 16.8.